The van der Waals surface area contributed by atoms with Crippen molar-refractivity contribution in [3.05, 3.63) is 36.3 Å². The van der Waals surface area contributed by atoms with Crippen LogP contribution in [0.1, 0.15) is 26.0 Å². The van der Waals surface area contributed by atoms with Crippen molar-refractivity contribution in [1.29, 1.82) is 0 Å². The molecule has 0 bridgehead atoms. The van der Waals surface area contributed by atoms with Crippen LogP contribution in [0, 0.1) is 5.41 Å². The molecule has 0 spiro atoms. The fraction of sp³-hybridized carbons (Fsp3) is 0.417. The number of hydrogen-bond donors (Lipinski definition) is 1. The van der Waals surface area contributed by atoms with Crippen LogP contribution < -0.4 is 5.73 Å². The Hall–Kier alpha value is -1.35. The minimum Gasteiger partial charge on any atom is -0.320 e. The van der Waals surface area contributed by atoms with Crippen molar-refractivity contribution in [3.63, 3.8) is 0 Å². The van der Waals surface area contributed by atoms with Gasteiger partial charge in [-0.05, 0) is 24.0 Å². The molecule has 1 aliphatic rings. The Labute approximate surface area is 88.9 Å². The fourth-order valence-electron chi connectivity index (χ4n) is 2.35. The topological polar surface area (TPSA) is 43.3 Å². The van der Waals surface area contributed by atoms with Crippen LogP contribution in [0.5, 0.6) is 0 Å². The lowest BCUT2D eigenvalue weighted by Gasteiger charge is -2.14. The van der Waals surface area contributed by atoms with E-state index in [1.54, 1.807) is 0 Å². The molecule has 0 amide bonds. The Morgan fingerprint density at radius 3 is 2.80 bits per heavy atom. The smallest absolute Gasteiger partial charge is 0.136 e. The van der Waals surface area contributed by atoms with E-state index in [2.05, 4.69) is 23.2 Å². The lowest BCUT2D eigenvalue weighted by molar-refractivity contribution is 0.497. The maximum Gasteiger partial charge on any atom is 0.136 e. The van der Waals surface area contributed by atoms with Gasteiger partial charge in [0.1, 0.15) is 5.65 Å². The Morgan fingerprint density at radius 1 is 1.40 bits per heavy atom. The van der Waals surface area contributed by atoms with Crippen molar-refractivity contribution >= 4 is 5.65 Å². The van der Waals surface area contributed by atoms with Crippen LogP contribution in [0.15, 0.2) is 30.6 Å². The van der Waals surface area contributed by atoms with Crippen LogP contribution in [0.25, 0.3) is 5.65 Å². The summed E-state index contributed by atoms with van der Waals surface area (Å²) in [6, 6.07) is 6.01. The van der Waals surface area contributed by atoms with Gasteiger partial charge in [0.25, 0.3) is 0 Å². The Kier molecular flexibility index (Phi) is 1.44. The summed E-state index contributed by atoms with van der Waals surface area (Å²) in [7, 11) is 0. The van der Waals surface area contributed by atoms with Crippen molar-refractivity contribution < 1.29 is 0 Å². The molecular formula is C12H15N3. The largest absolute Gasteiger partial charge is 0.320 e. The summed E-state index contributed by atoms with van der Waals surface area (Å²) in [4.78, 5) is 4.37. The van der Waals surface area contributed by atoms with Gasteiger partial charge < -0.3 is 10.1 Å². The highest BCUT2D eigenvalue weighted by Crippen LogP contribution is 2.60. The fourth-order valence-corrected chi connectivity index (χ4v) is 2.35. The summed E-state index contributed by atoms with van der Waals surface area (Å²) in [6.07, 6.45) is 4.97. The van der Waals surface area contributed by atoms with E-state index in [1.807, 2.05) is 30.6 Å². The molecule has 2 N–H and O–H groups in total. The minimum absolute atomic E-state index is 0.193. The van der Waals surface area contributed by atoms with Gasteiger partial charge in [-0.15, -0.1) is 0 Å². The number of rotatable bonds is 1. The van der Waals surface area contributed by atoms with Gasteiger partial charge in [0.15, 0.2) is 0 Å². The average molecular weight is 201 g/mol. The van der Waals surface area contributed by atoms with E-state index >= 15 is 0 Å². The molecule has 0 saturated heterocycles. The average Bonchev–Trinajstić information content (AvgIpc) is 2.61. The number of nitrogens with two attached hydrogens (primary N) is 1. The normalized spacial score (nSPS) is 28.2. The molecule has 1 unspecified atom stereocenters. The van der Waals surface area contributed by atoms with E-state index in [1.165, 1.54) is 0 Å². The molecule has 2 heterocycles. The van der Waals surface area contributed by atoms with Crippen LogP contribution in [0.2, 0.25) is 0 Å². The first-order valence-electron chi connectivity index (χ1n) is 5.26. The third-order valence-corrected chi connectivity index (χ3v) is 3.68. The standard InChI is InChI=1S/C12H15N3/c1-11(2)8-12(11,13)9-7-14-10-5-3-4-6-15(9)10/h3-7H,8,13H2,1-2H3. The molecular weight excluding hydrogens is 186 g/mol. The van der Waals surface area contributed by atoms with E-state index in [-0.39, 0.29) is 11.0 Å². The van der Waals surface area contributed by atoms with Gasteiger partial charge in [-0.3, -0.25) is 0 Å². The van der Waals surface area contributed by atoms with Gasteiger partial charge in [0.2, 0.25) is 0 Å². The predicted octanol–water partition coefficient (Wildman–Crippen LogP) is 1.92. The molecule has 0 aromatic carbocycles. The van der Waals surface area contributed by atoms with Crippen molar-refractivity contribution in [3.8, 4) is 0 Å². The molecule has 2 aromatic heterocycles. The summed E-state index contributed by atoms with van der Waals surface area (Å²) in [5.41, 5.74) is 8.49. The number of fused-ring (bicyclic) bond motifs is 1. The monoisotopic (exact) mass is 201 g/mol. The third-order valence-electron chi connectivity index (χ3n) is 3.68. The summed E-state index contributed by atoms with van der Waals surface area (Å²) >= 11 is 0. The minimum atomic E-state index is -0.201. The summed E-state index contributed by atoms with van der Waals surface area (Å²) < 4.78 is 2.09. The van der Waals surface area contributed by atoms with E-state index in [4.69, 9.17) is 5.73 Å². The molecule has 15 heavy (non-hydrogen) atoms. The lowest BCUT2D eigenvalue weighted by Crippen LogP contribution is -2.27. The zero-order chi connectivity index (χ0) is 10.7. The van der Waals surface area contributed by atoms with Crippen LogP contribution in [0.3, 0.4) is 0 Å². The zero-order valence-electron chi connectivity index (χ0n) is 9.07. The van der Waals surface area contributed by atoms with Crippen LogP contribution in [-0.4, -0.2) is 9.38 Å². The molecule has 0 aliphatic heterocycles. The maximum atomic E-state index is 6.40. The van der Waals surface area contributed by atoms with Gasteiger partial charge >= 0.3 is 0 Å². The first kappa shape index (κ1) is 8.92. The summed E-state index contributed by atoms with van der Waals surface area (Å²) in [6.45, 7) is 4.41. The number of aromatic nitrogens is 2. The van der Waals surface area contributed by atoms with Crippen molar-refractivity contribution in [2.24, 2.45) is 11.1 Å². The van der Waals surface area contributed by atoms with Gasteiger partial charge in [-0.25, -0.2) is 4.98 Å². The highest BCUT2D eigenvalue weighted by molar-refractivity contribution is 5.44. The van der Waals surface area contributed by atoms with Crippen LogP contribution in [-0.2, 0) is 5.54 Å². The van der Waals surface area contributed by atoms with Crippen LogP contribution >= 0.6 is 0 Å². The molecule has 0 radical (unpaired) electrons. The van der Waals surface area contributed by atoms with E-state index in [0.717, 1.165) is 17.8 Å². The van der Waals surface area contributed by atoms with E-state index in [9.17, 15) is 0 Å². The quantitative estimate of drug-likeness (QED) is 0.766. The maximum absolute atomic E-state index is 6.40. The predicted molar refractivity (Wildman–Crippen MR) is 59.5 cm³/mol. The second kappa shape index (κ2) is 2.42. The lowest BCUT2D eigenvalue weighted by atomic mass is 10.0. The Bertz CT molecular complexity index is 526. The molecule has 2 aromatic rings. The Balaban J connectivity index is 2.21. The molecule has 1 atom stereocenters. The highest BCUT2D eigenvalue weighted by Gasteiger charge is 2.60. The van der Waals surface area contributed by atoms with Gasteiger partial charge in [0.05, 0.1) is 17.4 Å². The van der Waals surface area contributed by atoms with Gasteiger partial charge in [0, 0.05) is 6.20 Å². The van der Waals surface area contributed by atoms with Crippen molar-refractivity contribution in [2.45, 2.75) is 25.8 Å². The molecule has 78 valence electrons. The Morgan fingerprint density at radius 2 is 2.13 bits per heavy atom. The first-order valence-corrected chi connectivity index (χ1v) is 5.26. The van der Waals surface area contributed by atoms with Gasteiger partial charge in [-0.1, -0.05) is 19.9 Å². The number of pyridine rings is 1. The molecule has 3 nitrogen and oxygen atoms in total. The summed E-state index contributed by atoms with van der Waals surface area (Å²) in [5.74, 6) is 0. The van der Waals surface area contributed by atoms with Crippen molar-refractivity contribution in [2.75, 3.05) is 0 Å². The van der Waals surface area contributed by atoms with Crippen molar-refractivity contribution in [1.82, 2.24) is 9.38 Å². The zero-order valence-corrected chi connectivity index (χ0v) is 9.07. The highest BCUT2D eigenvalue weighted by atomic mass is 15.1. The SMILES string of the molecule is CC1(C)CC1(N)c1cnc2ccccn12. The molecule has 1 fully saturated rings. The second-order valence-corrected chi connectivity index (χ2v) is 5.10. The molecule has 1 aliphatic carbocycles. The number of nitrogens with zero attached hydrogens (tertiary/aromatic N) is 2. The molecule has 3 rings (SSSR count). The number of hydrogen-bond acceptors (Lipinski definition) is 2. The molecule has 3 heteroatoms. The van der Waals surface area contributed by atoms with E-state index < -0.39 is 0 Å². The second-order valence-electron chi connectivity index (χ2n) is 5.10. The first-order chi connectivity index (χ1) is 7.05. The van der Waals surface area contributed by atoms with E-state index in [0.29, 0.717) is 0 Å². The third kappa shape index (κ3) is 1.01. The van der Waals surface area contributed by atoms with Crippen LogP contribution in [0.4, 0.5) is 0 Å². The number of imidazole rings is 1. The summed E-state index contributed by atoms with van der Waals surface area (Å²) in [5, 5.41) is 0. The van der Waals surface area contributed by atoms with Gasteiger partial charge in [-0.2, -0.15) is 0 Å². The molecule has 1 saturated carbocycles.